The summed E-state index contributed by atoms with van der Waals surface area (Å²) < 4.78 is 52.2. The van der Waals surface area contributed by atoms with Crippen LogP contribution < -0.4 is 0 Å². The van der Waals surface area contributed by atoms with Crippen LogP contribution in [0.15, 0.2) is 64.4 Å². The first-order chi connectivity index (χ1) is 11.8. The second-order valence-corrected chi connectivity index (χ2v) is 10.4. The maximum atomic E-state index is 12.7. The number of benzene rings is 2. The van der Waals surface area contributed by atoms with Crippen molar-refractivity contribution in [2.24, 2.45) is 0 Å². The van der Waals surface area contributed by atoms with E-state index in [0.29, 0.717) is 17.7 Å². The quantitative estimate of drug-likeness (QED) is 0.819. The molecular weight excluding hydrogens is 358 g/mol. The molecule has 134 valence electrons. The van der Waals surface area contributed by atoms with Crippen molar-refractivity contribution in [3.05, 3.63) is 60.2 Å². The van der Waals surface area contributed by atoms with Gasteiger partial charge in [-0.05, 0) is 44.0 Å². The number of piperidine rings is 1. The van der Waals surface area contributed by atoms with Crippen LogP contribution in [0.5, 0.6) is 0 Å². The highest BCUT2D eigenvalue weighted by molar-refractivity contribution is 7.92. The van der Waals surface area contributed by atoms with Gasteiger partial charge in [0.25, 0.3) is 0 Å². The molecule has 1 heterocycles. The molecule has 2 aromatic rings. The average Bonchev–Trinajstić information content (AvgIpc) is 2.63. The predicted molar refractivity (Wildman–Crippen MR) is 96.6 cm³/mol. The van der Waals surface area contributed by atoms with Crippen LogP contribution in [-0.4, -0.2) is 39.5 Å². The average molecular weight is 380 g/mol. The Morgan fingerprint density at radius 2 is 1.36 bits per heavy atom. The SMILES string of the molecule is Cc1ccc(S(=O)(=O)N2CCC(S(=O)(=O)c3ccccc3)CC2)cc1. The van der Waals surface area contributed by atoms with Crippen molar-refractivity contribution >= 4 is 19.9 Å². The van der Waals surface area contributed by atoms with Crippen molar-refractivity contribution in [3.63, 3.8) is 0 Å². The maximum Gasteiger partial charge on any atom is 0.243 e. The highest BCUT2D eigenvalue weighted by Crippen LogP contribution is 2.27. The van der Waals surface area contributed by atoms with Gasteiger partial charge in [0, 0.05) is 13.1 Å². The molecule has 1 aliphatic heterocycles. The van der Waals surface area contributed by atoms with E-state index >= 15 is 0 Å². The molecule has 0 atom stereocenters. The van der Waals surface area contributed by atoms with Crippen LogP contribution in [0.1, 0.15) is 18.4 Å². The van der Waals surface area contributed by atoms with Gasteiger partial charge in [-0.3, -0.25) is 0 Å². The molecule has 5 nitrogen and oxygen atoms in total. The summed E-state index contributed by atoms with van der Waals surface area (Å²) in [6, 6.07) is 15.1. The molecule has 1 aliphatic rings. The number of sulfone groups is 1. The van der Waals surface area contributed by atoms with Gasteiger partial charge in [0.2, 0.25) is 10.0 Å². The van der Waals surface area contributed by atoms with Crippen molar-refractivity contribution in [1.82, 2.24) is 4.31 Å². The summed E-state index contributed by atoms with van der Waals surface area (Å²) in [7, 11) is -7.00. The smallest absolute Gasteiger partial charge is 0.223 e. The molecule has 1 fully saturated rings. The zero-order chi connectivity index (χ0) is 18.1. The fraction of sp³-hybridized carbons (Fsp3) is 0.333. The number of sulfonamides is 1. The van der Waals surface area contributed by atoms with Crippen LogP contribution in [0, 0.1) is 6.92 Å². The number of aryl methyl sites for hydroxylation is 1. The van der Waals surface area contributed by atoms with Gasteiger partial charge < -0.3 is 0 Å². The second kappa shape index (κ2) is 6.90. The molecule has 1 saturated heterocycles. The van der Waals surface area contributed by atoms with Crippen LogP contribution in [-0.2, 0) is 19.9 Å². The van der Waals surface area contributed by atoms with Gasteiger partial charge in [0.15, 0.2) is 9.84 Å². The van der Waals surface area contributed by atoms with Gasteiger partial charge in [-0.1, -0.05) is 35.9 Å². The Balaban J connectivity index is 1.75. The normalized spacial score (nSPS) is 17.5. The molecule has 2 aromatic carbocycles. The van der Waals surface area contributed by atoms with Crippen molar-refractivity contribution < 1.29 is 16.8 Å². The minimum Gasteiger partial charge on any atom is -0.223 e. The van der Waals surface area contributed by atoms with Gasteiger partial charge in [-0.2, -0.15) is 4.31 Å². The highest BCUT2D eigenvalue weighted by Gasteiger charge is 2.35. The van der Waals surface area contributed by atoms with Gasteiger partial charge in [0.1, 0.15) is 0 Å². The Bertz CT molecular complexity index is 928. The lowest BCUT2D eigenvalue weighted by molar-refractivity contribution is 0.345. The molecular formula is C18H21NO4S2. The van der Waals surface area contributed by atoms with E-state index in [4.69, 9.17) is 0 Å². The van der Waals surface area contributed by atoms with Gasteiger partial charge in [-0.25, -0.2) is 16.8 Å². The Labute approximate surface area is 149 Å². The molecule has 0 bridgehead atoms. The van der Waals surface area contributed by atoms with E-state index in [0.717, 1.165) is 5.56 Å². The minimum atomic E-state index is -3.57. The molecule has 0 unspecified atom stereocenters. The number of hydrogen-bond acceptors (Lipinski definition) is 4. The highest BCUT2D eigenvalue weighted by atomic mass is 32.2. The third-order valence-corrected chi connectivity index (χ3v) is 8.76. The summed E-state index contributed by atoms with van der Waals surface area (Å²) in [6.07, 6.45) is 0.616. The lowest BCUT2D eigenvalue weighted by Gasteiger charge is -2.31. The van der Waals surface area contributed by atoms with Crippen LogP contribution in [0.3, 0.4) is 0 Å². The van der Waals surface area contributed by atoms with Crippen LogP contribution >= 0.6 is 0 Å². The first kappa shape index (κ1) is 18.1. The molecule has 0 amide bonds. The Kier molecular flexibility index (Phi) is 4.99. The van der Waals surface area contributed by atoms with Crippen molar-refractivity contribution in [2.75, 3.05) is 13.1 Å². The van der Waals surface area contributed by atoms with E-state index in [2.05, 4.69) is 0 Å². The zero-order valence-corrected chi connectivity index (χ0v) is 15.6. The molecule has 7 heteroatoms. The Hall–Kier alpha value is -1.70. The lowest BCUT2D eigenvalue weighted by Crippen LogP contribution is -2.42. The third kappa shape index (κ3) is 3.63. The maximum absolute atomic E-state index is 12.7. The number of rotatable bonds is 4. The Morgan fingerprint density at radius 1 is 0.800 bits per heavy atom. The predicted octanol–water partition coefficient (Wildman–Crippen LogP) is 2.62. The minimum absolute atomic E-state index is 0.215. The number of nitrogens with zero attached hydrogens (tertiary/aromatic N) is 1. The molecule has 0 N–H and O–H groups in total. The van der Waals surface area contributed by atoms with Crippen LogP contribution in [0.4, 0.5) is 0 Å². The summed E-state index contributed by atoms with van der Waals surface area (Å²) in [5.41, 5.74) is 0.992. The molecule has 3 rings (SSSR count). The topological polar surface area (TPSA) is 71.5 Å². The first-order valence-electron chi connectivity index (χ1n) is 8.17. The van der Waals surface area contributed by atoms with E-state index in [9.17, 15) is 16.8 Å². The largest absolute Gasteiger partial charge is 0.243 e. The van der Waals surface area contributed by atoms with Gasteiger partial charge in [-0.15, -0.1) is 0 Å². The van der Waals surface area contributed by atoms with Crippen molar-refractivity contribution in [3.8, 4) is 0 Å². The monoisotopic (exact) mass is 379 g/mol. The van der Waals surface area contributed by atoms with Gasteiger partial charge in [0.05, 0.1) is 15.0 Å². The van der Waals surface area contributed by atoms with Crippen molar-refractivity contribution in [2.45, 2.75) is 34.8 Å². The molecule has 0 spiro atoms. The third-order valence-electron chi connectivity index (χ3n) is 4.57. The van der Waals surface area contributed by atoms with Crippen molar-refractivity contribution in [1.29, 1.82) is 0 Å². The molecule has 0 saturated carbocycles. The summed E-state index contributed by atoms with van der Waals surface area (Å²) in [5, 5.41) is -0.542. The fourth-order valence-corrected chi connectivity index (χ4v) is 6.27. The summed E-state index contributed by atoms with van der Waals surface area (Å²) in [4.78, 5) is 0.553. The lowest BCUT2D eigenvalue weighted by atomic mass is 10.2. The fourth-order valence-electron chi connectivity index (χ4n) is 3.04. The molecule has 25 heavy (non-hydrogen) atoms. The van der Waals surface area contributed by atoms with E-state index in [1.165, 1.54) is 4.31 Å². The first-order valence-corrected chi connectivity index (χ1v) is 11.2. The molecule has 0 aromatic heterocycles. The number of hydrogen-bond donors (Lipinski definition) is 0. The van der Waals surface area contributed by atoms with E-state index in [-0.39, 0.29) is 18.0 Å². The molecule has 0 radical (unpaired) electrons. The van der Waals surface area contributed by atoms with E-state index < -0.39 is 25.1 Å². The van der Waals surface area contributed by atoms with Gasteiger partial charge >= 0.3 is 0 Å². The zero-order valence-electron chi connectivity index (χ0n) is 14.0. The molecule has 0 aliphatic carbocycles. The summed E-state index contributed by atoms with van der Waals surface area (Å²) in [6.45, 7) is 2.33. The van der Waals surface area contributed by atoms with Crippen LogP contribution in [0.25, 0.3) is 0 Å². The van der Waals surface area contributed by atoms with E-state index in [1.807, 2.05) is 6.92 Å². The Morgan fingerprint density at radius 3 is 1.92 bits per heavy atom. The van der Waals surface area contributed by atoms with Crippen LogP contribution in [0.2, 0.25) is 0 Å². The standard InChI is InChI=1S/C18H21NO4S2/c1-15-7-9-18(10-8-15)25(22,23)19-13-11-17(12-14-19)24(20,21)16-5-3-2-4-6-16/h2-10,17H,11-14H2,1H3. The summed E-state index contributed by atoms with van der Waals surface area (Å²) >= 11 is 0. The van der Waals surface area contributed by atoms with E-state index in [1.54, 1.807) is 54.6 Å². The summed E-state index contributed by atoms with van der Waals surface area (Å²) in [5.74, 6) is 0. The second-order valence-electron chi connectivity index (χ2n) is 6.27.